The summed E-state index contributed by atoms with van der Waals surface area (Å²) in [5.41, 5.74) is 0. The van der Waals surface area contributed by atoms with Gasteiger partial charge >= 0.3 is 0 Å². The van der Waals surface area contributed by atoms with Gasteiger partial charge in [0.05, 0.1) is 0 Å². The third kappa shape index (κ3) is 2.50. The Kier molecular flexibility index (Phi) is 5.75. The van der Waals surface area contributed by atoms with Crippen LogP contribution in [0.4, 0.5) is 0 Å². The molecule has 0 bridgehead atoms. The predicted molar refractivity (Wildman–Crippen MR) is 50.8 cm³/mol. The average Bonchev–Trinajstić information content (AvgIpc) is 2.55. The summed E-state index contributed by atoms with van der Waals surface area (Å²) >= 11 is 0. The molecule has 0 atom stereocenters. The second kappa shape index (κ2) is 6.02. The minimum Gasteiger partial charge on any atom is -0.168 e. The largest absolute Gasteiger partial charge is 0.168 e. The van der Waals surface area contributed by atoms with Gasteiger partial charge in [-0.2, -0.15) is 17.5 Å². The van der Waals surface area contributed by atoms with Crippen LogP contribution < -0.4 is 0 Å². The van der Waals surface area contributed by atoms with Gasteiger partial charge in [-0.3, -0.25) is 0 Å². The van der Waals surface area contributed by atoms with Crippen LogP contribution in [0.15, 0.2) is 55.6 Å². The van der Waals surface area contributed by atoms with Gasteiger partial charge in [0, 0.05) is 26.2 Å². The molecule has 0 saturated heterocycles. The molecular weight excluding hydrogens is 223 g/mol. The van der Waals surface area contributed by atoms with Gasteiger partial charge in [0.1, 0.15) is 0 Å². The summed E-state index contributed by atoms with van der Waals surface area (Å²) in [6, 6.07) is 14.7. The van der Waals surface area contributed by atoms with Crippen molar-refractivity contribution in [2.45, 2.75) is 0 Å². The molecule has 0 nitrogen and oxygen atoms in total. The Hall–Kier alpha value is -0.547. The molecule has 0 aliphatic rings. The Balaban J connectivity index is 0.000000378. The SMILES string of the molecule is C=C.[Zr].c1ccc2[cH-]ccc2c1. The molecule has 1 heteroatoms. The monoisotopic (exact) mass is 233 g/mol. The summed E-state index contributed by atoms with van der Waals surface area (Å²) in [5, 5.41) is 2.66. The molecule has 0 amide bonds. The van der Waals surface area contributed by atoms with Crippen LogP contribution in [0.25, 0.3) is 10.8 Å². The Morgan fingerprint density at radius 1 is 1.00 bits per heavy atom. The molecule has 0 radical (unpaired) electrons. The number of hydrogen-bond donors (Lipinski definition) is 0. The van der Waals surface area contributed by atoms with Crippen molar-refractivity contribution in [3.8, 4) is 0 Å². The van der Waals surface area contributed by atoms with Crippen molar-refractivity contribution in [3.05, 3.63) is 55.6 Å². The minimum atomic E-state index is 0. The van der Waals surface area contributed by atoms with Gasteiger partial charge in [-0.15, -0.1) is 42.8 Å². The van der Waals surface area contributed by atoms with Crippen molar-refractivity contribution < 1.29 is 26.2 Å². The molecular formula is C11H11Zr-. The van der Waals surface area contributed by atoms with Crippen LogP contribution in [0.1, 0.15) is 0 Å². The fourth-order valence-corrected chi connectivity index (χ4v) is 1.07. The standard InChI is InChI=1S/C9H7.C2H4.Zr/c1-2-5-9-7-3-6-8(9)4-1;1-2;/h1-7H;1-2H2;/q-1;;. The van der Waals surface area contributed by atoms with E-state index in [1.165, 1.54) is 10.8 Å². The quantitative estimate of drug-likeness (QED) is 0.484. The molecule has 0 fully saturated rings. The van der Waals surface area contributed by atoms with Crippen LogP contribution in [0.2, 0.25) is 0 Å². The van der Waals surface area contributed by atoms with E-state index in [0.29, 0.717) is 0 Å². The molecule has 2 aromatic rings. The second-order valence-corrected chi connectivity index (χ2v) is 2.15. The van der Waals surface area contributed by atoms with Crippen molar-refractivity contribution in [1.29, 1.82) is 0 Å². The van der Waals surface area contributed by atoms with Crippen molar-refractivity contribution in [1.82, 2.24) is 0 Å². The van der Waals surface area contributed by atoms with Crippen LogP contribution in [0, 0.1) is 0 Å². The number of rotatable bonds is 0. The summed E-state index contributed by atoms with van der Waals surface area (Å²) < 4.78 is 0. The topological polar surface area (TPSA) is 0 Å². The van der Waals surface area contributed by atoms with Gasteiger partial charge in [-0.1, -0.05) is 6.07 Å². The average molecular weight is 234 g/mol. The first-order valence-electron chi connectivity index (χ1n) is 3.57. The second-order valence-electron chi connectivity index (χ2n) is 2.15. The molecule has 0 spiro atoms. The molecule has 0 N–H and O–H groups in total. The Morgan fingerprint density at radius 3 is 2.33 bits per heavy atom. The van der Waals surface area contributed by atoms with Crippen molar-refractivity contribution in [2.75, 3.05) is 0 Å². The molecule has 0 aliphatic carbocycles. The van der Waals surface area contributed by atoms with E-state index >= 15 is 0 Å². The van der Waals surface area contributed by atoms with E-state index < -0.39 is 0 Å². The third-order valence-corrected chi connectivity index (χ3v) is 1.55. The molecule has 12 heavy (non-hydrogen) atoms. The van der Waals surface area contributed by atoms with Gasteiger partial charge in [0.25, 0.3) is 0 Å². The van der Waals surface area contributed by atoms with Gasteiger partial charge < -0.3 is 0 Å². The summed E-state index contributed by atoms with van der Waals surface area (Å²) in [4.78, 5) is 0. The summed E-state index contributed by atoms with van der Waals surface area (Å²) in [7, 11) is 0. The number of fused-ring (bicyclic) bond motifs is 1. The number of hydrogen-bond acceptors (Lipinski definition) is 0. The van der Waals surface area contributed by atoms with E-state index in [2.05, 4.69) is 55.6 Å². The first kappa shape index (κ1) is 11.5. The van der Waals surface area contributed by atoms with E-state index in [0.717, 1.165) is 0 Å². The first-order chi connectivity index (χ1) is 5.47. The maximum Gasteiger partial charge on any atom is 0 e. The molecule has 0 aromatic heterocycles. The smallest absolute Gasteiger partial charge is 0 e. The van der Waals surface area contributed by atoms with Gasteiger partial charge in [-0.05, 0) is 0 Å². The number of benzene rings is 1. The zero-order chi connectivity index (χ0) is 8.10. The van der Waals surface area contributed by atoms with Crippen LogP contribution >= 0.6 is 0 Å². The normalized spacial score (nSPS) is 8.00. The molecule has 60 valence electrons. The van der Waals surface area contributed by atoms with Crippen molar-refractivity contribution >= 4 is 10.8 Å². The van der Waals surface area contributed by atoms with Crippen molar-refractivity contribution in [3.63, 3.8) is 0 Å². The van der Waals surface area contributed by atoms with Gasteiger partial charge in [0.2, 0.25) is 0 Å². The fourth-order valence-electron chi connectivity index (χ4n) is 1.07. The summed E-state index contributed by atoms with van der Waals surface area (Å²) in [6.07, 6.45) is 0. The molecule has 0 heterocycles. The van der Waals surface area contributed by atoms with Gasteiger partial charge in [0.15, 0.2) is 0 Å². The van der Waals surface area contributed by atoms with Crippen LogP contribution in [0.3, 0.4) is 0 Å². The van der Waals surface area contributed by atoms with Crippen LogP contribution in [-0.4, -0.2) is 0 Å². The predicted octanol–water partition coefficient (Wildman–Crippen LogP) is 3.36. The summed E-state index contributed by atoms with van der Waals surface area (Å²) in [6.45, 7) is 6.00. The Bertz CT molecular complexity index is 292. The minimum absolute atomic E-state index is 0. The first-order valence-corrected chi connectivity index (χ1v) is 3.57. The van der Waals surface area contributed by atoms with E-state index in [1.807, 2.05) is 0 Å². The third-order valence-electron chi connectivity index (χ3n) is 1.55. The zero-order valence-electron chi connectivity index (χ0n) is 6.96. The molecule has 2 aromatic carbocycles. The maximum absolute atomic E-state index is 3.00. The fraction of sp³-hybridized carbons (Fsp3) is 0. The van der Waals surface area contributed by atoms with E-state index in [-0.39, 0.29) is 26.2 Å². The van der Waals surface area contributed by atoms with Gasteiger partial charge in [-0.25, -0.2) is 0 Å². The molecule has 0 aliphatic heterocycles. The Labute approximate surface area is 92.4 Å². The van der Waals surface area contributed by atoms with E-state index in [9.17, 15) is 0 Å². The molecule has 0 unspecified atom stereocenters. The molecule has 2 rings (SSSR count). The van der Waals surface area contributed by atoms with Crippen molar-refractivity contribution in [2.24, 2.45) is 0 Å². The maximum atomic E-state index is 3.00. The van der Waals surface area contributed by atoms with E-state index in [1.54, 1.807) is 0 Å². The summed E-state index contributed by atoms with van der Waals surface area (Å²) in [5.74, 6) is 0. The zero-order valence-corrected chi connectivity index (χ0v) is 9.41. The molecule has 0 saturated carbocycles. The van der Waals surface area contributed by atoms with Crippen LogP contribution in [0.5, 0.6) is 0 Å². The Morgan fingerprint density at radius 2 is 1.67 bits per heavy atom. The van der Waals surface area contributed by atoms with Crippen LogP contribution in [-0.2, 0) is 26.2 Å². The van der Waals surface area contributed by atoms with E-state index in [4.69, 9.17) is 0 Å².